The van der Waals surface area contributed by atoms with Gasteiger partial charge in [0.2, 0.25) is 0 Å². The Morgan fingerprint density at radius 3 is 2.59 bits per heavy atom. The van der Waals surface area contributed by atoms with Crippen LogP contribution in [0.1, 0.15) is 44.9 Å². The Hall–Kier alpha value is -0.160. The Morgan fingerprint density at radius 1 is 1.12 bits per heavy atom. The summed E-state index contributed by atoms with van der Waals surface area (Å²) in [5, 5.41) is 0. The highest BCUT2D eigenvalue weighted by Crippen LogP contribution is 2.24. The highest BCUT2D eigenvalue weighted by Gasteiger charge is 2.24. The Labute approximate surface area is 104 Å². The van der Waals surface area contributed by atoms with Gasteiger partial charge in [0.15, 0.2) is 0 Å². The fraction of sp³-hybridized carbons (Fsp3) is 1.00. The number of ether oxygens (including phenoxy) is 2. The van der Waals surface area contributed by atoms with E-state index in [9.17, 15) is 0 Å². The molecule has 0 radical (unpaired) electrons. The van der Waals surface area contributed by atoms with E-state index in [1.165, 1.54) is 19.3 Å². The normalized spacial score (nSPS) is 29.1. The highest BCUT2D eigenvalue weighted by molar-refractivity contribution is 4.78. The van der Waals surface area contributed by atoms with Crippen molar-refractivity contribution in [3.8, 4) is 0 Å². The van der Waals surface area contributed by atoms with Crippen molar-refractivity contribution in [1.82, 2.24) is 5.43 Å². The maximum absolute atomic E-state index is 5.77. The summed E-state index contributed by atoms with van der Waals surface area (Å²) in [5.74, 6) is 6.37. The van der Waals surface area contributed by atoms with Crippen molar-refractivity contribution >= 4 is 0 Å². The van der Waals surface area contributed by atoms with Gasteiger partial charge in [-0.1, -0.05) is 0 Å². The minimum absolute atomic E-state index is 0.435. The van der Waals surface area contributed by atoms with Gasteiger partial charge in [-0.15, -0.1) is 0 Å². The molecule has 17 heavy (non-hydrogen) atoms. The van der Waals surface area contributed by atoms with Crippen molar-refractivity contribution in [2.45, 2.75) is 57.1 Å². The summed E-state index contributed by atoms with van der Waals surface area (Å²) in [4.78, 5) is 0. The fourth-order valence-electron chi connectivity index (χ4n) is 2.97. The molecule has 2 saturated heterocycles. The van der Waals surface area contributed by atoms with E-state index in [2.05, 4.69) is 5.43 Å². The van der Waals surface area contributed by atoms with Crippen LogP contribution in [0, 0.1) is 5.92 Å². The lowest BCUT2D eigenvalue weighted by atomic mass is 9.88. The smallest absolute Gasteiger partial charge is 0.0575 e. The first-order valence-corrected chi connectivity index (χ1v) is 7.05. The molecule has 2 aliphatic rings. The van der Waals surface area contributed by atoms with Crippen LogP contribution in [0.2, 0.25) is 0 Å². The summed E-state index contributed by atoms with van der Waals surface area (Å²) in [6.07, 6.45) is 8.81. The van der Waals surface area contributed by atoms with Gasteiger partial charge >= 0.3 is 0 Å². The third kappa shape index (κ3) is 4.21. The molecule has 0 aliphatic carbocycles. The zero-order valence-corrected chi connectivity index (χ0v) is 10.7. The molecule has 0 saturated carbocycles. The molecule has 4 heteroatoms. The largest absolute Gasteiger partial charge is 0.381 e. The van der Waals surface area contributed by atoms with Crippen molar-refractivity contribution < 1.29 is 9.47 Å². The van der Waals surface area contributed by atoms with E-state index in [0.717, 1.165) is 45.5 Å². The van der Waals surface area contributed by atoms with Gasteiger partial charge in [-0.25, -0.2) is 0 Å². The summed E-state index contributed by atoms with van der Waals surface area (Å²) >= 11 is 0. The van der Waals surface area contributed by atoms with Crippen molar-refractivity contribution in [1.29, 1.82) is 0 Å². The van der Waals surface area contributed by atoms with E-state index in [-0.39, 0.29) is 0 Å². The predicted octanol–water partition coefficient (Wildman–Crippen LogP) is 1.59. The lowest BCUT2D eigenvalue weighted by Gasteiger charge is -2.31. The molecular formula is C13H26N2O2. The van der Waals surface area contributed by atoms with Gasteiger partial charge in [0.1, 0.15) is 0 Å². The van der Waals surface area contributed by atoms with Gasteiger partial charge in [0.05, 0.1) is 6.10 Å². The van der Waals surface area contributed by atoms with Gasteiger partial charge in [-0.2, -0.15) is 0 Å². The lowest BCUT2D eigenvalue weighted by Crippen LogP contribution is -2.43. The maximum Gasteiger partial charge on any atom is 0.0575 e. The Kier molecular flexibility index (Phi) is 5.71. The summed E-state index contributed by atoms with van der Waals surface area (Å²) in [6.45, 7) is 2.73. The van der Waals surface area contributed by atoms with E-state index < -0.39 is 0 Å². The fourth-order valence-corrected chi connectivity index (χ4v) is 2.97. The number of hydrogen-bond donors (Lipinski definition) is 2. The number of nitrogens with two attached hydrogens (primary N) is 1. The molecule has 100 valence electrons. The molecule has 0 aromatic rings. The maximum atomic E-state index is 5.77. The van der Waals surface area contributed by atoms with E-state index in [1.54, 1.807) is 0 Å². The number of hydrazine groups is 1. The van der Waals surface area contributed by atoms with Crippen LogP contribution in [0.25, 0.3) is 0 Å². The third-order valence-electron chi connectivity index (χ3n) is 4.12. The standard InChI is InChI=1S/C13H26N2O2/c14-15-13(11-6-9-16-10-7-11)5-4-12-3-1-2-8-17-12/h11-13,15H,1-10,14H2. The van der Waals surface area contributed by atoms with E-state index in [4.69, 9.17) is 15.3 Å². The Morgan fingerprint density at radius 2 is 1.94 bits per heavy atom. The Bertz CT molecular complexity index is 202. The van der Waals surface area contributed by atoms with Crippen molar-refractivity contribution in [2.75, 3.05) is 19.8 Å². The summed E-state index contributed by atoms with van der Waals surface area (Å²) < 4.78 is 11.2. The number of nitrogens with one attached hydrogen (secondary N) is 1. The average molecular weight is 242 g/mol. The number of hydrogen-bond acceptors (Lipinski definition) is 4. The molecule has 2 rings (SSSR count). The minimum atomic E-state index is 0.435. The molecule has 2 aliphatic heterocycles. The zero-order chi connectivity index (χ0) is 11.9. The van der Waals surface area contributed by atoms with E-state index in [1.807, 2.05) is 0 Å². The molecular weight excluding hydrogens is 216 g/mol. The van der Waals surface area contributed by atoms with Crippen molar-refractivity contribution in [2.24, 2.45) is 11.8 Å². The van der Waals surface area contributed by atoms with Crippen molar-refractivity contribution in [3.63, 3.8) is 0 Å². The molecule has 0 aromatic heterocycles. The molecule has 2 fully saturated rings. The molecule has 2 unspecified atom stereocenters. The van der Waals surface area contributed by atoms with Crippen LogP contribution in [0.4, 0.5) is 0 Å². The van der Waals surface area contributed by atoms with Gasteiger partial charge in [0, 0.05) is 25.9 Å². The first-order valence-electron chi connectivity index (χ1n) is 7.05. The second-order valence-corrected chi connectivity index (χ2v) is 5.29. The predicted molar refractivity (Wildman–Crippen MR) is 67.5 cm³/mol. The Balaban J connectivity index is 1.70. The molecule has 0 bridgehead atoms. The van der Waals surface area contributed by atoms with Gasteiger partial charge < -0.3 is 9.47 Å². The second kappa shape index (κ2) is 7.31. The van der Waals surface area contributed by atoms with Crippen LogP contribution < -0.4 is 11.3 Å². The van der Waals surface area contributed by atoms with Crippen LogP contribution >= 0.6 is 0 Å². The second-order valence-electron chi connectivity index (χ2n) is 5.29. The first kappa shape index (κ1) is 13.3. The number of rotatable bonds is 5. The lowest BCUT2D eigenvalue weighted by molar-refractivity contribution is 0.00408. The molecule has 2 heterocycles. The quantitative estimate of drug-likeness (QED) is 0.568. The molecule has 4 nitrogen and oxygen atoms in total. The van der Waals surface area contributed by atoms with Crippen LogP contribution in [-0.2, 0) is 9.47 Å². The molecule has 0 amide bonds. The minimum Gasteiger partial charge on any atom is -0.381 e. The van der Waals surface area contributed by atoms with Gasteiger partial charge in [-0.05, 0) is 50.9 Å². The highest BCUT2D eigenvalue weighted by atomic mass is 16.5. The van der Waals surface area contributed by atoms with Gasteiger partial charge in [0.25, 0.3) is 0 Å². The summed E-state index contributed by atoms with van der Waals surface area (Å²) in [7, 11) is 0. The van der Waals surface area contributed by atoms with Crippen LogP contribution in [0.3, 0.4) is 0 Å². The summed E-state index contributed by atoms with van der Waals surface area (Å²) in [6, 6.07) is 0.435. The van der Waals surface area contributed by atoms with Gasteiger partial charge in [-0.3, -0.25) is 11.3 Å². The SMILES string of the molecule is NNC(CCC1CCCCO1)C1CCOCC1. The van der Waals surface area contributed by atoms with Crippen LogP contribution in [-0.4, -0.2) is 32.0 Å². The molecule has 0 aromatic carbocycles. The third-order valence-corrected chi connectivity index (χ3v) is 4.12. The topological polar surface area (TPSA) is 56.5 Å². The first-order chi connectivity index (χ1) is 8.40. The molecule has 0 spiro atoms. The zero-order valence-electron chi connectivity index (χ0n) is 10.7. The molecule has 2 atom stereocenters. The van der Waals surface area contributed by atoms with Crippen molar-refractivity contribution in [3.05, 3.63) is 0 Å². The van der Waals surface area contributed by atoms with Crippen LogP contribution in [0.5, 0.6) is 0 Å². The monoisotopic (exact) mass is 242 g/mol. The average Bonchev–Trinajstić information content (AvgIpc) is 2.42. The van der Waals surface area contributed by atoms with E-state index in [0.29, 0.717) is 18.1 Å². The van der Waals surface area contributed by atoms with E-state index >= 15 is 0 Å². The summed E-state index contributed by atoms with van der Waals surface area (Å²) in [5.41, 5.74) is 3.00. The molecule has 3 N–H and O–H groups in total. The van der Waals surface area contributed by atoms with Crippen LogP contribution in [0.15, 0.2) is 0 Å².